The van der Waals surface area contributed by atoms with E-state index in [1.54, 1.807) is 0 Å². The molecule has 1 fully saturated rings. The molecular weight excluding hydrogens is 260 g/mol. The van der Waals surface area contributed by atoms with Gasteiger partial charge in [0, 0.05) is 24.4 Å². The smallest absolute Gasteiger partial charge is 0.119 e. The molecule has 2 unspecified atom stereocenters. The van der Waals surface area contributed by atoms with Crippen LogP contribution < -0.4 is 11.1 Å². The maximum atomic E-state index is 10.2. The summed E-state index contributed by atoms with van der Waals surface area (Å²) in [5.41, 5.74) is 7.06. The molecule has 3 heteroatoms. The molecule has 0 radical (unpaired) electrons. The third-order valence-corrected chi connectivity index (χ3v) is 4.48. The van der Waals surface area contributed by atoms with Crippen LogP contribution in [-0.4, -0.2) is 12.3 Å². The van der Waals surface area contributed by atoms with E-state index in [1.807, 2.05) is 6.20 Å². The Bertz CT molecular complexity index is 302. The van der Waals surface area contributed by atoms with Crippen molar-refractivity contribution < 1.29 is 4.79 Å². The van der Waals surface area contributed by atoms with Crippen LogP contribution in [0.1, 0.15) is 84.0 Å². The Morgan fingerprint density at radius 1 is 1.14 bits per heavy atom. The Morgan fingerprint density at radius 2 is 1.86 bits per heavy atom. The predicted molar refractivity (Wildman–Crippen MR) is 89.8 cm³/mol. The lowest BCUT2D eigenvalue weighted by Crippen LogP contribution is -2.30. The van der Waals surface area contributed by atoms with E-state index in [0.29, 0.717) is 6.04 Å². The number of allylic oxidation sites excluding steroid dienone is 1. The van der Waals surface area contributed by atoms with Gasteiger partial charge in [0.1, 0.15) is 6.29 Å². The summed E-state index contributed by atoms with van der Waals surface area (Å²) in [5, 5.41) is 3.51. The zero-order valence-corrected chi connectivity index (χ0v) is 13.8. The van der Waals surface area contributed by atoms with Crippen LogP contribution in [0.15, 0.2) is 11.9 Å². The van der Waals surface area contributed by atoms with Crippen LogP contribution in [0.4, 0.5) is 0 Å². The molecular formula is C18H34N2O. The van der Waals surface area contributed by atoms with Crippen LogP contribution >= 0.6 is 0 Å². The van der Waals surface area contributed by atoms with Crippen LogP contribution in [0.5, 0.6) is 0 Å². The third kappa shape index (κ3) is 9.54. The van der Waals surface area contributed by atoms with Gasteiger partial charge in [-0.15, -0.1) is 0 Å². The van der Waals surface area contributed by atoms with Crippen LogP contribution in [0, 0.1) is 5.92 Å². The molecule has 0 saturated heterocycles. The molecule has 0 amide bonds. The maximum Gasteiger partial charge on any atom is 0.119 e. The highest BCUT2D eigenvalue weighted by molar-refractivity contribution is 5.48. The zero-order chi connectivity index (χ0) is 15.3. The van der Waals surface area contributed by atoms with Crippen molar-refractivity contribution >= 4 is 6.29 Å². The minimum atomic E-state index is 0.630. The molecule has 1 saturated carbocycles. The lowest BCUT2D eigenvalue weighted by Gasteiger charge is -2.27. The maximum absolute atomic E-state index is 10.2. The Balaban J connectivity index is 1.98. The second-order valence-corrected chi connectivity index (χ2v) is 6.68. The third-order valence-electron chi connectivity index (χ3n) is 4.48. The van der Waals surface area contributed by atoms with Crippen molar-refractivity contribution in [2.75, 3.05) is 0 Å². The number of nitrogens with two attached hydrogens (primary N) is 1. The molecule has 0 aromatic carbocycles. The molecule has 0 bridgehead atoms. The van der Waals surface area contributed by atoms with Gasteiger partial charge in [0.25, 0.3) is 0 Å². The number of rotatable bonds is 11. The van der Waals surface area contributed by atoms with Gasteiger partial charge in [0.2, 0.25) is 0 Å². The average molecular weight is 294 g/mol. The zero-order valence-electron chi connectivity index (χ0n) is 13.8. The van der Waals surface area contributed by atoms with Crippen molar-refractivity contribution in [3.05, 3.63) is 11.9 Å². The minimum Gasteiger partial charge on any atom is -0.401 e. The highest BCUT2D eigenvalue weighted by Gasteiger charge is 2.17. The summed E-state index contributed by atoms with van der Waals surface area (Å²) in [5.74, 6) is 0.852. The first-order chi connectivity index (χ1) is 10.2. The van der Waals surface area contributed by atoms with E-state index in [4.69, 9.17) is 5.73 Å². The molecule has 0 heterocycles. The standard InChI is InChI=1S/C18H34N2O/c1-16-10-9-12-18(14-16)20-15-17(19)11-7-5-3-2-4-6-8-13-21/h13,15-16,18,20H,2-12,14,19H2,1H3/b17-15-. The van der Waals surface area contributed by atoms with Gasteiger partial charge in [0.15, 0.2) is 0 Å². The largest absolute Gasteiger partial charge is 0.401 e. The van der Waals surface area contributed by atoms with Crippen molar-refractivity contribution in [3.8, 4) is 0 Å². The molecule has 2 atom stereocenters. The fraction of sp³-hybridized carbons (Fsp3) is 0.833. The first kappa shape index (κ1) is 18.1. The molecule has 0 spiro atoms. The predicted octanol–water partition coefficient (Wildman–Crippen LogP) is 4.27. The second kappa shape index (κ2) is 11.6. The highest BCUT2D eigenvalue weighted by atomic mass is 16.1. The van der Waals surface area contributed by atoms with Crippen LogP contribution in [0.25, 0.3) is 0 Å². The second-order valence-electron chi connectivity index (χ2n) is 6.68. The molecule has 3 N–H and O–H groups in total. The molecule has 0 aliphatic heterocycles. The summed E-state index contributed by atoms with van der Waals surface area (Å²) in [7, 11) is 0. The summed E-state index contributed by atoms with van der Waals surface area (Å²) in [6.07, 6.45) is 17.3. The molecule has 3 nitrogen and oxygen atoms in total. The minimum absolute atomic E-state index is 0.630. The number of nitrogens with one attached hydrogen (secondary N) is 1. The van der Waals surface area contributed by atoms with Crippen LogP contribution in [0.2, 0.25) is 0 Å². The summed E-state index contributed by atoms with van der Waals surface area (Å²) in [4.78, 5) is 10.2. The molecule has 0 aromatic rings. The van der Waals surface area contributed by atoms with E-state index >= 15 is 0 Å². The van der Waals surface area contributed by atoms with Gasteiger partial charge < -0.3 is 15.8 Å². The highest BCUT2D eigenvalue weighted by Crippen LogP contribution is 2.23. The SMILES string of the molecule is CC1CCCC(N/C=C(\N)CCCCCCCCC=O)C1. The molecule has 0 aromatic heterocycles. The summed E-state index contributed by atoms with van der Waals surface area (Å²) in [6, 6.07) is 0.630. The van der Waals surface area contributed by atoms with E-state index in [2.05, 4.69) is 12.2 Å². The summed E-state index contributed by atoms with van der Waals surface area (Å²) in [6.45, 7) is 2.34. The fourth-order valence-electron chi connectivity index (χ4n) is 3.15. The average Bonchev–Trinajstić information content (AvgIpc) is 2.48. The molecule has 21 heavy (non-hydrogen) atoms. The van der Waals surface area contributed by atoms with E-state index in [-0.39, 0.29) is 0 Å². The number of carbonyl (C=O) groups is 1. The van der Waals surface area contributed by atoms with Crippen molar-refractivity contribution in [2.24, 2.45) is 11.7 Å². The number of hydrogen-bond donors (Lipinski definition) is 2. The fourth-order valence-corrected chi connectivity index (χ4v) is 3.15. The van der Waals surface area contributed by atoms with Gasteiger partial charge in [-0.2, -0.15) is 0 Å². The normalized spacial score (nSPS) is 23.0. The van der Waals surface area contributed by atoms with Crippen molar-refractivity contribution in [3.63, 3.8) is 0 Å². The Kier molecular flexibility index (Phi) is 10.0. The van der Waals surface area contributed by atoms with Gasteiger partial charge in [0.05, 0.1) is 0 Å². The number of carbonyl (C=O) groups excluding carboxylic acids is 1. The first-order valence-electron chi connectivity index (χ1n) is 8.86. The quantitative estimate of drug-likeness (QED) is 0.442. The van der Waals surface area contributed by atoms with Gasteiger partial charge in [-0.05, 0) is 38.0 Å². The monoisotopic (exact) mass is 294 g/mol. The van der Waals surface area contributed by atoms with Gasteiger partial charge in [-0.1, -0.05) is 45.4 Å². The molecule has 1 rings (SSSR count). The van der Waals surface area contributed by atoms with Gasteiger partial charge >= 0.3 is 0 Å². The number of hydrogen-bond acceptors (Lipinski definition) is 3. The van der Waals surface area contributed by atoms with E-state index in [9.17, 15) is 4.79 Å². The summed E-state index contributed by atoms with van der Waals surface area (Å²) < 4.78 is 0. The lowest BCUT2D eigenvalue weighted by molar-refractivity contribution is -0.107. The van der Waals surface area contributed by atoms with Crippen LogP contribution in [0.3, 0.4) is 0 Å². The van der Waals surface area contributed by atoms with Crippen molar-refractivity contribution in [1.29, 1.82) is 0 Å². The van der Waals surface area contributed by atoms with E-state index in [0.717, 1.165) is 37.2 Å². The molecule has 1 aliphatic rings. The van der Waals surface area contributed by atoms with Crippen LogP contribution in [-0.2, 0) is 4.79 Å². The lowest BCUT2D eigenvalue weighted by atomic mass is 9.87. The Labute approximate surface area is 130 Å². The first-order valence-corrected chi connectivity index (χ1v) is 8.86. The Morgan fingerprint density at radius 3 is 2.57 bits per heavy atom. The van der Waals surface area contributed by atoms with Crippen molar-refractivity contribution in [2.45, 2.75) is 90.0 Å². The van der Waals surface area contributed by atoms with Crippen molar-refractivity contribution in [1.82, 2.24) is 5.32 Å². The summed E-state index contributed by atoms with van der Waals surface area (Å²) >= 11 is 0. The topological polar surface area (TPSA) is 55.1 Å². The number of unbranched alkanes of at least 4 members (excludes halogenated alkanes) is 6. The Hall–Kier alpha value is -0.990. The van der Waals surface area contributed by atoms with E-state index in [1.165, 1.54) is 57.8 Å². The van der Waals surface area contributed by atoms with Gasteiger partial charge in [-0.3, -0.25) is 0 Å². The molecule has 1 aliphatic carbocycles. The van der Waals surface area contributed by atoms with Gasteiger partial charge in [-0.25, -0.2) is 0 Å². The van der Waals surface area contributed by atoms with E-state index < -0.39 is 0 Å². The molecule has 122 valence electrons. The number of aldehydes is 1.